The van der Waals surface area contributed by atoms with E-state index in [-0.39, 0.29) is 22.6 Å². The minimum Gasteiger partial charge on any atom is -0.478 e. The summed E-state index contributed by atoms with van der Waals surface area (Å²) in [5.41, 5.74) is 3.17. The van der Waals surface area contributed by atoms with E-state index in [1.807, 2.05) is 0 Å². The maximum Gasteiger partial charge on any atom is 0.338 e. The van der Waals surface area contributed by atoms with Crippen LogP contribution >= 0.6 is 0 Å². The molecule has 0 spiro atoms. The van der Waals surface area contributed by atoms with Gasteiger partial charge in [-0.05, 0) is 19.9 Å². The largest absolute Gasteiger partial charge is 0.478 e. The van der Waals surface area contributed by atoms with E-state index in [9.17, 15) is 19.3 Å². The number of nitro groups is 1. The van der Waals surface area contributed by atoms with Gasteiger partial charge >= 0.3 is 11.7 Å². The molecule has 9 heteroatoms. The Bertz CT molecular complexity index is 749. The third kappa shape index (κ3) is 2.18. The summed E-state index contributed by atoms with van der Waals surface area (Å²) in [4.78, 5) is 21.0. The van der Waals surface area contributed by atoms with Crippen LogP contribution in [0.25, 0.3) is 11.1 Å². The summed E-state index contributed by atoms with van der Waals surface area (Å²) in [7, 11) is 0. The molecule has 0 aliphatic heterocycles. The summed E-state index contributed by atoms with van der Waals surface area (Å²) in [5, 5.41) is 23.6. The predicted molar refractivity (Wildman–Crippen MR) is 69.4 cm³/mol. The summed E-state index contributed by atoms with van der Waals surface area (Å²) in [5.74, 6) is -2.51. The van der Waals surface area contributed by atoms with E-state index in [0.717, 1.165) is 6.07 Å². The van der Waals surface area contributed by atoms with Gasteiger partial charge in [0.05, 0.1) is 21.7 Å². The van der Waals surface area contributed by atoms with E-state index in [0.29, 0.717) is 0 Å². The Morgan fingerprint density at radius 1 is 1.52 bits per heavy atom. The van der Waals surface area contributed by atoms with Crippen LogP contribution in [0.3, 0.4) is 0 Å². The van der Waals surface area contributed by atoms with Gasteiger partial charge in [-0.15, -0.1) is 0 Å². The van der Waals surface area contributed by atoms with Gasteiger partial charge in [-0.25, -0.2) is 4.79 Å². The Labute approximate surface area is 117 Å². The fourth-order valence-corrected chi connectivity index (χ4v) is 2.06. The standard InChI is InChI=1S/C12H10FN3O5/c1-4-8(5(2)21-15-4)6-3-7(12(17)18)10(14)11(9(6)13)16(19)20/h3H,14H2,1-2H3,(H,17,18). The lowest BCUT2D eigenvalue weighted by Gasteiger charge is -2.08. The Hall–Kier alpha value is -2.97. The van der Waals surface area contributed by atoms with Gasteiger partial charge in [-0.1, -0.05) is 5.16 Å². The average molecular weight is 295 g/mol. The predicted octanol–water partition coefficient (Wildman–Crippen LogP) is 2.29. The topological polar surface area (TPSA) is 132 Å². The Kier molecular flexibility index (Phi) is 3.34. The summed E-state index contributed by atoms with van der Waals surface area (Å²) >= 11 is 0. The number of carbonyl (C=O) groups is 1. The van der Waals surface area contributed by atoms with Gasteiger partial charge < -0.3 is 15.4 Å². The fourth-order valence-electron chi connectivity index (χ4n) is 2.06. The number of hydrogen-bond acceptors (Lipinski definition) is 6. The van der Waals surface area contributed by atoms with Crippen molar-refractivity contribution in [2.24, 2.45) is 0 Å². The van der Waals surface area contributed by atoms with Gasteiger partial charge in [0.1, 0.15) is 11.4 Å². The van der Waals surface area contributed by atoms with Crippen LogP contribution in [0.5, 0.6) is 0 Å². The highest BCUT2D eigenvalue weighted by atomic mass is 19.1. The SMILES string of the molecule is Cc1noc(C)c1-c1cc(C(=O)O)c(N)c([N+](=O)[O-])c1F. The molecule has 0 unspecified atom stereocenters. The molecule has 0 atom stereocenters. The second kappa shape index (κ2) is 4.85. The fraction of sp³-hybridized carbons (Fsp3) is 0.167. The molecule has 1 aromatic heterocycles. The average Bonchev–Trinajstić information content (AvgIpc) is 2.69. The molecule has 110 valence electrons. The minimum atomic E-state index is -1.50. The maximum atomic E-state index is 14.4. The lowest BCUT2D eigenvalue weighted by Crippen LogP contribution is -2.09. The number of benzene rings is 1. The number of carboxylic acids is 1. The maximum absolute atomic E-state index is 14.4. The number of nitro benzene ring substituents is 1. The van der Waals surface area contributed by atoms with Gasteiger partial charge in [-0.3, -0.25) is 10.1 Å². The van der Waals surface area contributed by atoms with Crippen LogP contribution in [0.2, 0.25) is 0 Å². The zero-order valence-electron chi connectivity index (χ0n) is 11.0. The number of halogens is 1. The van der Waals surface area contributed by atoms with Crippen molar-refractivity contribution >= 4 is 17.3 Å². The molecule has 0 radical (unpaired) electrons. The summed E-state index contributed by atoms with van der Waals surface area (Å²) in [6.45, 7) is 2.99. The van der Waals surface area contributed by atoms with Crippen LogP contribution < -0.4 is 5.73 Å². The number of aromatic carboxylic acids is 1. The van der Waals surface area contributed by atoms with Crippen molar-refractivity contribution in [3.8, 4) is 11.1 Å². The van der Waals surface area contributed by atoms with Crippen LogP contribution in [0, 0.1) is 29.8 Å². The zero-order chi connectivity index (χ0) is 15.9. The van der Waals surface area contributed by atoms with Crippen molar-refractivity contribution < 1.29 is 23.7 Å². The lowest BCUT2D eigenvalue weighted by molar-refractivity contribution is -0.386. The Balaban J connectivity index is 2.91. The van der Waals surface area contributed by atoms with Crippen molar-refractivity contribution in [2.75, 3.05) is 5.73 Å². The molecule has 0 fully saturated rings. The number of nitrogens with zero attached hydrogens (tertiary/aromatic N) is 2. The van der Waals surface area contributed by atoms with Crippen LogP contribution in [0.15, 0.2) is 10.6 Å². The summed E-state index contributed by atoms with van der Waals surface area (Å²) < 4.78 is 19.2. The molecule has 2 rings (SSSR count). The molecule has 3 N–H and O–H groups in total. The van der Waals surface area contributed by atoms with Crippen LogP contribution in [-0.4, -0.2) is 21.2 Å². The number of rotatable bonds is 3. The molecule has 1 aromatic carbocycles. The monoisotopic (exact) mass is 295 g/mol. The van der Waals surface area contributed by atoms with Gasteiger partial charge in [-0.2, -0.15) is 4.39 Å². The highest BCUT2D eigenvalue weighted by molar-refractivity contribution is 5.98. The van der Waals surface area contributed by atoms with Gasteiger partial charge in [0.25, 0.3) is 0 Å². The van der Waals surface area contributed by atoms with Crippen molar-refractivity contribution in [1.29, 1.82) is 0 Å². The number of aromatic nitrogens is 1. The molecular formula is C12H10FN3O5. The molecule has 0 amide bonds. The van der Waals surface area contributed by atoms with Gasteiger partial charge in [0.2, 0.25) is 5.82 Å². The molecule has 8 nitrogen and oxygen atoms in total. The summed E-state index contributed by atoms with van der Waals surface area (Å²) in [6.07, 6.45) is 0. The third-order valence-corrected chi connectivity index (χ3v) is 2.99. The Morgan fingerprint density at radius 2 is 2.14 bits per heavy atom. The normalized spacial score (nSPS) is 10.6. The van der Waals surface area contributed by atoms with E-state index in [2.05, 4.69) is 5.16 Å². The number of carboxylic acid groups (broad SMARTS) is 1. The van der Waals surface area contributed by atoms with Crippen LogP contribution in [0.4, 0.5) is 15.8 Å². The molecule has 0 saturated carbocycles. The van der Waals surface area contributed by atoms with Crippen LogP contribution in [-0.2, 0) is 0 Å². The highest BCUT2D eigenvalue weighted by Gasteiger charge is 2.30. The van der Waals surface area contributed by atoms with Crippen molar-refractivity contribution in [2.45, 2.75) is 13.8 Å². The van der Waals surface area contributed by atoms with Crippen molar-refractivity contribution in [1.82, 2.24) is 5.16 Å². The number of hydrogen-bond donors (Lipinski definition) is 2. The molecule has 2 aromatic rings. The molecule has 0 aliphatic rings. The van der Waals surface area contributed by atoms with E-state index < -0.39 is 33.6 Å². The number of anilines is 1. The first-order valence-electron chi connectivity index (χ1n) is 5.68. The smallest absolute Gasteiger partial charge is 0.338 e. The number of nitrogens with two attached hydrogens (primary N) is 1. The van der Waals surface area contributed by atoms with Crippen LogP contribution in [0.1, 0.15) is 21.8 Å². The molecule has 0 bridgehead atoms. The first-order chi connectivity index (χ1) is 9.75. The Morgan fingerprint density at radius 3 is 2.57 bits per heavy atom. The molecule has 0 aliphatic carbocycles. The van der Waals surface area contributed by atoms with E-state index in [4.69, 9.17) is 15.4 Å². The second-order valence-electron chi connectivity index (χ2n) is 4.31. The molecule has 1 heterocycles. The van der Waals surface area contributed by atoms with E-state index >= 15 is 0 Å². The molecule has 0 saturated heterocycles. The number of nitrogen functional groups attached to an aromatic ring is 1. The van der Waals surface area contributed by atoms with Crippen molar-refractivity contribution in [3.05, 3.63) is 39.0 Å². The minimum absolute atomic E-state index is 0.165. The number of aryl methyl sites for hydroxylation is 2. The van der Waals surface area contributed by atoms with Gasteiger partial charge in [0.15, 0.2) is 0 Å². The van der Waals surface area contributed by atoms with E-state index in [1.165, 1.54) is 13.8 Å². The van der Waals surface area contributed by atoms with E-state index in [1.54, 1.807) is 0 Å². The first-order valence-corrected chi connectivity index (χ1v) is 5.68. The first kappa shape index (κ1) is 14.4. The zero-order valence-corrected chi connectivity index (χ0v) is 11.0. The quantitative estimate of drug-likeness (QED) is 0.504. The lowest BCUT2D eigenvalue weighted by atomic mass is 9.98. The second-order valence-corrected chi connectivity index (χ2v) is 4.31. The summed E-state index contributed by atoms with van der Waals surface area (Å²) in [6, 6.07) is 0.937. The van der Waals surface area contributed by atoms with Crippen molar-refractivity contribution in [3.63, 3.8) is 0 Å². The highest BCUT2D eigenvalue weighted by Crippen LogP contribution is 2.38. The third-order valence-electron chi connectivity index (χ3n) is 2.99. The van der Waals surface area contributed by atoms with Gasteiger partial charge in [0, 0.05) is 5.56 Å². The molecule has 21 heavy (non-hydrogen) atoms. The molecular weight excluding hydrogens is 285 g/mol.